The van der Waals surface area contributed by atoms with Gasteiger partial charge in [0.15, 0.2) is 0 Å². The summed E-state index contributed by atoms with van der Waals surface area (Å²) < 4.78 is 2.34. The normalized spacial score (nSPS) is 22.0. The summed E-state index contributed by atoms with van der Waals surface area (Å²) in [6.45, 7) is 4.49. The van der Waals surface area contributed by atoms with Crippen molar-refractivity contribution < 1.29 is 0 Å². The summed E-state index contributed by atoms with van der Waals surface area (Å²) in [4.78, 5) is 5.12. The molecule has 118 valence electrons. The molecule has 1 heterocycles. The third-order valence-corrected chi connectivity index (χ3v) is 5.48. The molecule has 1 aromatic heterocycles. The molecule has 2 saturated carbocycles. The van der Waals surface area contributed by atoms with E-state index in [2.05, 4.69) is 18.4 Å². The average molecular weight is 289 g/mol. The van der Waals surface area contributed by atoms with Crippen LogP contribution in [0.3, 0.4) is 0 Å². The number of nitrogens with zero attached hydrogens (tertiary/aromatic N) is 2. The number of nitrogen functional groups attached to an aromatic ring is 1. The van der Waals surface area contributed by atoms with Gasteiger partial charge in [-0.3, -0.25) is 0 Å². The number of hydrogen-bond acceptors (Lipinski definition) is 2. The molecule has 0 aliphatic heterocycles. The van der Waals surface area contributed by atoms with Crippen LogP contribution in [0.1, 0.15) is 107 Å². The summed E-state index contributed by atoms with van der Waals surface area (Å²) in [6, 6.07) is 0.424. The predicted molar refractivity (Wildman–Crippen MR) is 88.7 cm³/mol. The number of hydrogen-bond donors (Lipinski definition) is 1. The van der Waals surface area contributed by atoms with Crippen molar-refractivity contribution in [1.29, 1.82) is 0 Å². The van der Waals surface area contributed by atoms with Crippen molar-refractivity contribution in [2.45, 2.75) is 95.9 Å². The smallest absolute Gasteiger partial charge is 0.127 e. The van der Waals surface area contributed by atoms with Crippen molar-refractivity contribution in [2.75, 3.05) is 5.73 Å². The van der Waals surface area contributed by atoms with Crippen LogP contribution in [0, 0.1) is 0 Å². The molecule has 0 spiro atoms. The SMILES string of the molecule is CC(C)n1c(C2CCCC2)nc(C2CCCCCC2)c1N. The number of aromatic nitrogens is 2. The lowest BCUT2D eigenvalue weighted by Crippen LogP contribution is -2.12. The van der Waals surface area contributed by atoms with Crippen LogP contribution >= 0.6 is 0 Å². The van der Waals surface area contributed by atoms with Crippen LogP contribution < -0.4 is 5.73 Å². The maximum atomic E-state index is 6.56. The van der Waals surface area contributed by atoms with Gasteiger partial charge in [-0.15, -0.1) is 0 Å². The van der Waals surface area contributed by atoms with Crippen LogP contribution in [0.4, 0.5) is 5.82 Å². The van der Waals surface area contributed by atoms with Crippen molar-refractivity contribution in [3.8, 4) is 0 Å². The molecular weight excluding hydrogens is 258 g/mol. The van der Waals surface area contributed by atoms with Gasteiger partial charge in [0.1, 0.15) is 11.6 Å². The molecule has 2 aliphatic carbocycles. The summed E-state index contributed by atoms with van der Waals surface area (Å²) in [6.07, 6.45) is 13.3. The van der Waals surface area contributed by atoms with Gasteiger partial charge < -0.3 is 10.3 Å². The summed E-state index contributed by atoms with van der Waals surface area (Å²) in [7, 11) is 0. The van der Waals surface area contributed by atoms with E-state index >= 15 is 0 Å². The Kier molecular flexibility index (Phi) is 4.56. The van der Waals surface area contributed by atoms with E-state index in [4.69, 9.17) is 10.7 Å². The molecule has 3 heteroatoms. The molecule has 2 fully saturated rings. The van der Waals surface area contributed by atoms with E-state index in [1.807, 2.05) is 0 Å². The third-order valence-electron chi connectivity index (χ3n) is 5.48. The summed E-state index contributed by atoms with van der Waals surface area (Å²) >= 11 is 0. The molecule has 0 radical (unpaired) electrons. The topological polar surface area (TPSA) is 43.8 Å². The van der Waals surface area contributed by atoms with Gasteiger partial charge >= 0.3 is 0 Å². The highest BCUT2D eigenvalue weighted by atomic mass is 15.2. The highest BCUT2D eigenvalue weighted by Gasteiger charge is 2.29. The van der Waals surface area contributed by atoms with Crippen LogP contribution in [0.2, 0.25) is 0 Å². The molecule has 3 rings (SSSR count). The summed E-state index contributed by atoms with van der Waals surface area (Å²) in [5.41, 5.74) is 7.78. The molecular formula is C18H31N3. The maximum Gasteiger partial charge on any atom is 0.127 e. The van der Waals surface area contributed by atoms with Crippen LogP contribution in [-0.2, 0) is 0 Å². The minimum absolute atomic E-state index is 0.424. The van der Waals surface area contributed by atoms with Crippen molar-refractivity contribution in [2.24, 2.45) is 0 Å². The van der Waals surface area contributed by atoms with Crippen LogP contribution in [0.5, 0.6) is 0 Å². The Hall–Kier alpha value is -0.990. The second-order valence-electron chi connectivity index (χ2n) is 7.37. The number of imidazole rings is 1. The lowest BCUT2D eigenvalue weighted by atomic mass is 9.96. The van der Waals surface area contributed by atoms with Gasteiger partial charge in [-0.25, -0.2) is 4.98 Å². The third kappa shape index (κ3) is 2.97. The van der Waals surface area contributed by atoms with Gasteiger partial charge in [0.25, 0.3) is 0 Å². The van der Waals surface area contributed by atoms with Gasteiger partial charge in [0, 0.05) is 17.9 Å². The lowest BCUT2D eigenvalue weighted by molar-refractivity contribution is 0.533. The minimum Gasteiger partial charge on any atom is -0.384 e. The van der Waals surface area contributed by atoms with E-state index in [9.17, 15) is 0 Å². The van der Waals surface area contributed by atoms with Gasteiger partial charge in [-0.2, -0.15) is 0 Å². The van der Waals surface area contributed by atoms with Crippen molar-refractivity contribution in [1.82, 2.24) is 9.55 Å². The zero-order valence-electron chi connectivity index (χ0n) is 13.8. The van der Waals surface area contributed by atoms with E-state index in [1.165, 1.54) is 75.7 Å². The zero-order chi connectivity index (χ0) is 14.8. The van der Waals surface area contributed by atoms with E-state index in [0.29, 0.717) is 17.9 Å². The van der Waals surface area contributed by atoms with E-state index in [1.54, 1.807) is 0 Å². The molecule has 0 bridgehead atoms. The fourth-order valence-electron chi connectivity index (χ4n) is 4.35. The Morgan fingerprint density at radius 1 is 0.905 bits per heavy atom. The lowest BCUT2D eigenvalue weighted by Gasteiger charge is -2.17. The Bertz CT molecular complexity index is 461. The fourth-order valence-corrected chi connectivity index (χ4v) is 4.35. The standard InChI is InChI=1S/C18H31N3/c1-13(2)21-17(19)16(14-9-5-3-4-6-10-14)20-18(21)15-11-7-8-12-15/h13-15H,3-12,19H2,1-2H3. The monoisotopic (exact) mass is 289 g/mol. The van der Waals surface area contributed by atoms with Crippen molar-refractivity contribution in [3.05, 3.63) is 11.5 Å². The van der Waals surface area contributed by atoms with Crippen molar-refractivity contribution >= 4 is 5.82 Å². The van der Waals surface area contributed by atoms with E-state index in [0.717, 1.165) is 5.82 Å². The molecule has 0 saturated heterocycles. The van der Waals surface area contributed by atoms with E-state index in [-0.39, 0.29) is 0 Å². The predicted octanol–water partition coefficient (Wildman–Crippen LogP) is 5.14. The summed E-state index contributed by atoms with van der Waals surface area (Å²) in [5, 5.41) is 0. The van der Waals surface area contributed by atoms with Gasteiger partial charge in [0.2, 0.25) is 0 Å². The van der Waals surface area contributed by atoms with Crippen molar-refractivity contribution in [3.63, 3.8) is 0 Å². The average Bonchev–Trinajstić information content (AvgIpc) is 3.00. The van der Waals surface area contributed by atoms with E-state index < -0.39 is 0 Å². The van der Waals surface area contributed by atoms with Gasteiger partial charge in [-0.1, -0.05) is 38.5 Å². The zero-order valence-corrected chi connectivity index (χ0v) is 13.8. The highest BCUT2D eigenvalue weighted by Crippen LogP contribution is 2.40. The number of anilines is 1. The Morgan fingerprint density at radius 2 is 1.43 bits per heavy atom. The first kappa shape index (κ1) is 14.9. The molecule has 3 nitrogen and oxygen atoms in total. The maximum absolute atomic E-state index is 6.56. The summed E-state index contributed by atoms with van der Waals surface area (Å²) in [5.74, 6) is 3.51. The van der Waals surface area contributed by atoms with Crippen LogP contribution in [-0.4, -0.2) is 9.55 Å². The Morgan fingerprint density at radius 3 is 2.00 bits per heavy atom. The number of nitrogens with two attached hydrogens (primary N) is 1. The molecule has 0 amide bonds. The first-order valence-corrected chi connectivity index (χ1v) is 9.06. The quantitative estimate of drug-likeness (QED) is 0.783. The van der Waals surface area contributed by atoms with Crippen LogP contribution in [0.15, 0.2) is 0 Å². The van der Waals surface area contributed by atoms with Crippen LogP contribution in [0.25, 0.3) is 0 Å². The largest absolute Gasteiger partial charge is 0.384 e. The Labute approximate surface area is 129 Å². The first-order chi connectivity index (χ1) is 10.2. The number of rotatable bonds is 3. The highest BCUT2D eigenvalue weighted by molar-refractivity contribution is 5.42. The molecule has 1 aromatic rings. The Balaban J connectivity index is 1.94. The molecule has 2 aliphatic rings. The molecule has 21 heavy (non-hydrogen) atoms. The molecule has 2 N–H and O–H groups in total. The molecule has 0 aromatic carbocycles. The van der Waals surface area contributed by atoms with Gasteiger partial charge in [0.05, 0.1) is 5.69 Å². The van der Waals surface area contributed by atoms with Gasteiger partial charge in [-0.05, 0) is 39.5 Å². The second-order valence-corrected chi connectivity index (χ2v) is 7.37. The first-order valence-electron chi connectivity index (χ1n) is 9.06. The minimum atomic E-state index is 0.424. The fraction of sp³-hybridized carbons (Fsp3) is 0.833. The molecule has 0 unspecified atom stereocenters. The second kappa shape index (κ2) is 6.41. The molecule has 0 atom stereocenters.